The summed E-state index contributed by atoms with van der Waals surface area (Å²) in [6.45, 7) is 8.30. The van der Waals surface area contributed by atoms with Crippen molar-refractivity contribution in [2.45, 2.75) is 40.2 Å². The van der Waals surface area contributed by atoms with Gasteiger partial charge in [-0.25, -0.2) is 0 Å². The van der Waals surface area contributed by atoms with Crippen LogP contribution in [0.4, 0.5) is 0 Å². The summed E-state index contributed by atoms with van der Waals surface area (Å²) in [5, 5.41) is 9.74. The van der Waals surface area contributed by atoms with E-state index >= 15 is 0 Å². The minimum atomic E-state index is -0.332. The molecule has 2 nitrogen and oxygen atoms in total. The van der Waals surface area contributed by atoms with Crippen LogP contribution in [0.25, 0.3) is 0 Å². The second-order valence-electron chi connectivity index (χ2n) is 5.55. The van der Waals surface area contributed by atoms with Crippen molar-refractivity contribution in [3.63, 3.8) is 0 Å². The molecular formula is C15H22O2. The Bertz CT molecular complexity index is 372. The maximum Gasteiger partial charge on any atom is 0.143 e. The van der Waals surface area contributed by atoms with Gasteiger partial charge in [0.05, 0.1) is 6.10 Å². The highest BCUT2D eigenvalue weighted by Crippen LogP contribution is 2.41. The van der Waals surface area contributed by atoms with Crippen LogP contribution in [0.1, 0.15) is 34.1 Å². The third-order valence-electron chi connectivity index (χ3n) is 3.41. The van der Waals surface area contributed by atoms with Gasteiger partial charge in [0.2, 0.25) is 0 Å². The lowest BCUT2D eigenvalue weighted by Crippen LogP contribution is -2.32. The smallest absolute Gasteiger partial charge is 0.143 e. The van der Waals surface area contributed by atoms with Gasteiger partial charge in [0.15, 0.2) is 0 Å². The monoisotopic (exact) mass is 234 g/mol. The quantitative estimate of drug-likeness (QED) is 0.353. The molecule has 2 atom stereocenters. The maximum atomic E-state index is 10.3. The van der Waals surface area contributed by atoms with E-state index in [9.17, 15) is 9.90 Å². The molecule has 0 heterocycles. The van der Waals surface area contributed by atoms with Gasteiger partial charge in [-0.3, -0.25) is 4.79 Å². The Morgan fingerprint density at radius 2 is 2.18 bits per heavy atom. The summed E-state index contributed by atoms with van der Waals surface area (Å²) in [7, 11) is 0. The van der Waals surface area contributed by atoms with Crippen LogP contribution < -0.4 is 0 Å². The second kappa shape index (κ2) is 5.46. The highest BCUT2D eigenvalue weighted by atomic mass is 16.3. The van der Waals surface area contributed by atoms with Crippen molar-refractivity contribution in [1.82, 2.24) is 0 Å². The molecule has 94 valence electrons. The number of rotatable bonds is 3. The van der Waals surface area contributed by atoms with E-state index in [0.717, 1.165) is 18.3 Å². The number of aldehydes is 1. The van der Waals surface area contributed by atoms with Crippen molar-refractivity contribution >= 4 is 6.29 Å². The summed E-state index contributed by atoms with van der Waals surface area (Å²) in [5.41, 5.74) is 2.20. The zero-order chi connectivity index (χ0) is 13.1. The molecule has 0 saturated heterocycles. The number of carbonyl (C=O) groups is 1. The number of hydrogen-bond donors (Lipinski definition) is 1. The SMILES string of the molecule is CC(C=CC1C(C)=CC(O)CC1(C)C)=CC=O. The van der Waals surface area contributed by atoms with E-state index in [4.69, 9.17) is 0 Å². The zero-order valence-electron chi connectivity index (χ0n) is 11.1. The van der Waals surface area contributed by atoms with Crippen molar-refractivity contribution in [2.75, 3.05) is 0 Å². The first-order valence-electron chi connectivity index (χ1n) is 6.03. The molecule has 1 rings (SSSR count). The first-order chi connectivity index (χ1) is 7.86. The fourth-order valence-corrected chi connectivity index (χ4v) is 2.57. The molecule has 0 spiro atoms. The molecule has 0 radical (unpaired) electrons. The van der Waals surface area contributed by atoms with Crippen molar-refractivity contribution in [1.29, 1.82) is 0 Å². The first-order valence-corrected chi connectivity index (χ1v) is 6.03. The molecule has 0 amide bonds. The molecule has 0 aromatic heterocycles. The van der Waals surface area contributed by atoms with Crippen LogP contribution in [-0.2, 0) is 4.79 Å². The number of carbonyl (C=O) groups excluding carboxylic acids is 1. The molecule has 17 heavy (non-hydrogen) atoms. The number of hydrogen-bond acceptors (Lipinski definition) is 2. The van der Waals surface area contributed by atoms with Crippen molar-refractivity contribution < 1.29 is 9.90 Å². The molecule has 0 bridgehead atoms. The van der Waals surface area contributed by atoms with Crippen molar-refractivity contribution in [2.24, 2.45) is 11.3 Å². The van der Waals surface area contributed by atoms with Gasteiger partial charge in [0.1, 0.15) is 6.29 Å². The van der Waals surface area contributed by atoms with E-state index in [1.807, 2.05) is 19.1 Å². The molecule has 1 aliphatic carbocycles. The Morgan fingerprint density at radius 3 is 2.71 bits per heavy atom. The van der Waals surface area contributed by atoms with Gasteiger partial charge in [-0.05, 0) is 37.3 Å². The molecule has 2 heteroatoms. The second-order valence-corrected chi connectivity index (χ2v) is 5.55. The van der Waals surface area contributed by atoms with Crippen LogP contribution in [0.3, 0.4) is 0 Å². The van der Waals surface area contributed by atoms with Crippen LogP contribution in [0, 0.1) is 11.3 Å². The summed E-state index contributed by atoms with van der Waals surface area (Å²) in [4.78, 5) is 10.3. The van der Waals surface area contributed by atoms with E-state index in [-0.39, 0.29) is 11.5 Å². The minimum absolute atomic E-state index is 0.0518. The summed E-state index contributed by atoms with van der Waals surface area (Å²) in [5.74, 6) is 0.320. The summed E-state index contributed by atoms with van der Waals surface area (Å²) in [6, 6.07) is 0. The van der Waals surface area contributed by atoms with E-state index in [1.54, 1.807) is 6.08 Å². The van der Waals surface area contributed by atoms with Crippen LogP contribution in [0.5, 0.6) is 0 Å². The predicted octanol–water partition coefficient (Wildman–Crippen LogP) is 3.04. The third-order valence-corrected chi connectivity index (χ3v) is 3.41. The third kappa shape index (κ3) is 3.67. The standard InChI is InChI=1S/C15H22O2/c1-11(7-8-16)5-6-14-12(2)9-13(17)10-15(14,3)4/h5-9,13-14,17H,10H2,1-4H3. The fraction of sp³-hybridized carbons (Fsp3) is 0.533. The lowest BCUT2D eigenvalue weighted by molar-refractivity contribution is -0.104. The van der Waals surface area contributed by atoms with E-state index in [1.165, 1.54) is 5.57 Å². The van der Waals surface area contributed by atoms with Crippen LogP contribution in [0.2, 0.25) is 0 Å². The first kappa shape index (κ1) is 13.9. The summed E-state index contributed by atoms with van der Waals surface area (Å²) in [6.07, 6.45) is 8.84. The van der Waals surface area contributed by atoms with Gasteiger partial charge in [0.25, 0.3) is 0 Å². The topological polar surface area (TPSA) is 37.3 Å². The Balaban J connectivity index is 2.92. The molecule has 0 aromatic carbocycles. The fourth-order valence-electron chi connectivity index (χ4n) is 2.57. The maximum absolute atomic E-state index is 10.3. The predicted molar refractivity (Wildman–Crippen MR) is 70.6 cm³/mol. The van der Waals surface area contributed by atoms with Crippen LogP contribution in [0.15, 0.2) is 35.5 Å². The molecule has 1 N–H and O–H groups in total. The average Bonchev–Trinajstić information content (AvgIpc) is 2.14. The largest absolute Gasteiger partial charge is 0.389 e. The minimum Gasteiger partial charge on any atom is -0.389 e. The Kier molecular flexibility index (Phi) is 4.47. The average molecular weight is 234 g/mol. The molecule has 1 aliphatic rings. The van der Waals surface area contributed by atoms with Crippen LogP contribution in [-0.4, -0.2) is 17.5 Å². The van der Waals surface area contributed by atoms with E-state index < -0.39 is 0 Å². The Labute approximate surface area is 104 Å². The van der Waals surface area contributed by atoms with Crippen molar-refractivity contribution in [3.05, 3.63) is 35.5 Å². The lowest BCUT2D eigenvalue weighted by atomic mass is 9.67. The van der Waals surface area contributed by atoms with Crippen molar-refractivity contribution in [3.8, 4) is 0 Å². The molecule has 2 unspecified atom stereocenters. The molecular weight excluding hydrogens is 212 g/mol. The normalized spacial score (nSPS) is 29.2. The highest BCUT2D eigenvalue weighted by molar-refractivity contribution is 5.66. The highest BCUT2D eigenvalue weighted by Gasteiger charge is 2.34. The van der Waals surface area contributed by atoms with Gasteiger partial charge in [-0.2, -0.15) is 0 Å². The summed E-state index contributed by atoms with van der Waals surface area (Å²) >= 11 is 0. The van der Waals surface area contributed by atoms with Gasteiger partial charge in [0, 0.05) is 5.92 Å². The Morgan fingerprint density at radius 1 is 1.53 bits per heavy atom. The van der Waals surface area contributed by atoms with E-state index in [0.29, 0.717) is 5.92 Å². The zero-order valence-corrected chi connectivity index (χ0v) is 11.1. The number of aliphatic hydroxyl groups excluding tert-OH is 1. The Hall–Kier alpha value is -1.15. The molecule has 0 saturated carbocycles. The van der Waals surface area contributed by atoms with Gasteiger partial charge in [-0.1, -0.05) is 37.6 Å². The number of allylic oxidation sites excluding steroid dienone is 5. The van der Waals surface area contributed by atoms with E-state index in [2.05, 4.69) is 26.8 Å². The lowest BCUT2D eigenvalue weighted by Gasteiger charge is -2.38. The molecule has 0 aliphatic heterocycles. The van der Waals surface area contributed by atoms with Crippen LogP contribution >= 0.6 is 0 Å². The molecule has 0 aromatic rings. The molecule has 0 fully saturated rings. The number of aliphatic hydroxyl groups is 1. The van der Waals surface area contributed by atoms with Gasteiger partial charge < -0.3 is 5.11 Å². The summed E-state index contributed by atoms with van der Waals surface area (Å²) < 4.78 is 0. The van der Waals surface area contributed by atoms with Gasteiger partial charge >= 0.3 is 0 Å². The van der Waals surface area contributed by atoms with Gasteiger partial charge in [-0.15, -0.1) is 0 Å².